The molecular formula is C37H41FN6O4. The van der Waals surface area contributed by atoms with Gasteiger partial charge in [0.1, 0.15) is 18.1 Å². The molecule has 1 amide bonds. The Balaban J connectivity index is 1.24. The molecule has 4 heterocycles. The van der Waals surface area contributed by atoms with Gasteiger partial charge < -0.3 is 29.0 Å². The Hall–Kier alpha value is -4.77. The first kappa shape index (κ1) is 31.8. The van der Waals surface area contributed by atoms with E-state index in [0.717, 1.165) is 51.6 Å². The first-order valence-electron chi connectivity index (χ1n) is 16.8. The number of hydrogen-bond donors (Lipinski definition) is 1. The zero-order valence-corrected chi connectivity index (χ0v) is 27.7. The molecule has 0 atom stereocenters. The summed E-state index contributed by atoms with van der Waals surface area (Å²) in [6, 6.07) is 12.7. The highest BCUT2D eigenvalue weighted by molar-refractivity contribution is 6.07. The summed E-state index contributed by atoms with van der Waals surface area (Å²) >= 11 is 0. The predicted octanol–water partition coefficient (Wildman–Crippen LogP) is 5.54. The number of nitrogens with zero attached hydrogens (tertiary/aromatic N) is 5. The molecule has 48 heavy (non-hydrogen) atoms. The molecule has 11 heteroatoms. The number of halogens is 1. The van der Waals surface area contributed by atoms with Crippen molar-refractivity contribution in [3.63, 3.8) is 0 Å². The van der Waals surface area contributed by atoms with Crippen LogP contribution >= 0.6 is 0 Å². The van der Waals surface area contributed by atoms with E-state index in [1.807, 2.05) is 18.2 Å². The molecule has 1 saturated heterocycles. The third kappa shape index (κ3) is 6.14. The number of carbonyl (C=O) groups excluding carboxylic acids is 2. The van der Waals surface area contributed by atoms with Crippen molar-refractivity contribution in [2.24, 2.45) is 7.05 Å². The quantitative estimate of drug-likeness (QED) is 0.262. The van der Waals surface area contributed by atoms with Gasteiger partial charge in [-0.15, -0.1) is 0 Å². The van der Waals surface area contributed by atoms with Crippen LogP contribution in [-0.4, -0.2) is 57.6 Å². The maximum atomic E-state index is 15.5. The average Bonchev–Trinajstić information content (AvgIpc) is 3.46. The highest BCUT2D eigenvalue weighted by Crippen LogP contribution is 2.37. The maximum Gasteiger partial charge on any atom is 0.302 e. The van der Waals surface area contributed by atoms with E-state index in [9.17, 15) is 14.4 Å². The van der Waals surface area contributed by atoms with E-state index in [-0.39, 0.29) is 23.9 Å². The minimum atomic E-state index is -0.575. The molecule has 0 spiro atoms. The van der Waals surface area contributed by atoms with Crippen LogP contribution in [-0.2, 0) is 42.6 Å². The topological polar surface area (TPSA) is 102 Å². The number of benzene rings is 2. The summed E-state index contributed by atoms with van der Waals surface area (Å²) in [5, 5.41) is 3.17. The van der Waals surface area contributed by atoms with Gasteiger partial charge in [0, 0.05) is 55.8 Å². The van der Waals surface area contributed by atoms with Crippen LogP contribution in [0.15, 0.2) is 53.5 Å². The third-order valence-corrected chi connectivity index (χ3v) is 10.0. The summed E-state index contributed by atoms with van der Waals surface area (Å²) in [6.07, 6.45) is 7.84. The summed E-state index contributed by atoms with van der Waals surface area (Å²) in [7, 11) is 3.75. The first-order chi connectivity index (χ1) is 23.2. The van der Waals surface area contributed by atoms with Crippen molar-refractivity contribution in [2.45, 2.75) is 64.5 Å². The number of fused-ring (bicyclic) bond motifs is 3. The number of anilines is 3. The van der Waals surface area contributed by atoms with Gasteiger partial charge in [-0.05, 0) is 106 Å². The smallest absolute Gasteiger partial charge is 0.302 e. The van der Waals surface area contributed by atoms with Gasteiger partial charge in [0.15, 0.2) is 5.82 Å². The van der Waals surface area contributed by atoms with E-state index in [1.165, 1.54) is 46.6 Å². The van der Waals surface area contributed by atoms with Crippen molar-refractivity contribution in [1.82, 2.24) is 19.0 Å². The lowest BCUT2D eigenvalue weighted by Gasteiger charge is -2.32. The number of nitrogens with one attached hydrogen (secondary N) is 1. The normalized spacial score (nSPS) is 16.8. The van der Waals surface area contributed by atoms with E-state index in [1.54, 1.807) is 11.9 Å². The van der Waals surface area contributed by atoms with E-state index >= 15 is 4.39 Å². The molecule has 1 fully saturated rings. The van der Waals surface area contributed by atoms with Crippen LogP contribution in [0.4, 0.5) is 21.6 Å². The summed E-state index contributed by atoms with van der Waals surface area (Å²) in [6.45, 7) is 4.16. The molecule has 3 aliphatic rings. The Morgan fingerprint density at radius 1 is 1.00 bits per heavy atom. The summed E-state index contributed by atoms with van der Waals surface area (Å²) in [5.74, 6) is -0.736. The van der Waals surface area contributed by atoms with E-state index in [4.69, 9.17) is 4.74 Å². The monoisotopic (exact) mass is 652 g/mol. The second kappa shape index (κ2) is 13.0. The second-order valence-corrected chi connectivity index (χ2v) is 13.3. The number of rotatable bonds is 7. The Morgan fingerprint density at radius 2 is 1.75 bits per heavy atom. The van der Waals surface area contributed by atoms with Crippen molar-refractivity contribution < 1.29 is 18.7 Å². The fraction of sp³-hybridized carbons (Fsp3) is 0.405. The van der Waals surface area contributed by atoms with Gasteiger partial charge in [0.05, 0.1) is 11.4 Å². The highest BCUT2D eigenvalue weighted by Gasteiger charge is 2.32. The number of aryl methyl sites for hydroxylation is 2. The first-order valence-corrected chi connectivity index (χ1v) is 16.8. The maximum absolute atomic E-state index is 15.5. The average molecular weight is 653 g/mol. The van der Waals surface area contributed by atoms with Crippen LogP contribution in [0, 0.1) is 5.82 Å². The van der Waals surface area contributed by atoms with Gasteiger partial charge in [-0.1, -0.05) is 12.1 Å². The van der Waals surface area contributed by atoms with Crippen molar-refractivity contribution in [2.75, 3.05) is 36.9 Å². The molecule has 0 saturated carbocycles. The minimum Gasteiger partial charge on any atom is -0.461 e. The molecule has 1 aliphatic carbocycles. The van der Waals surface area contributed by atoms with Crippen LogP contribution in [0.5, 0.6) is 0 Å². The van der Waals surface area contributed by atoms with Crippen molar-refractivity contribution in [3.05, 3.63) is 92.9 Å². The van der Waals surface area contributed by atoms with Crippen molar-refractivity contribution >= 4 is 29.1 Å². The zero-order valence-electron chi connectivity index (χ0n) is 27.7. The lowest BCUT2D eigenvalue weighted by atomic mass is 9.89. The number of piperidine rings is 1. The van der Waals surface area contributed by atoms with Gasteiger partial charge >= 0.3 is 5.97 Å². The standard InChI is InChI=1S/C37H41FN6O4/c1-23(45)48-22-30-29(19-27(38)20-33(30)44-17-16-43-32-7-5-4-6-26(32)18-34(43)36(44)46)31-21-42(3)37(47)35(40-31)39-28-10-8-24(9-11-28)25-12-14-41(2)15-13-25/h8-11,18-21,25H,4-7,12-17,22H2,1-3H3,(H,39,40). The summed E-state index contributed by atoms with van der Waals surface area (Å²) < 4.78 is 24.5. The van der Waals surface area contributed by atoms with Crippen molar-refractivity contribution in [1.29, 1.82) is 0 Å². The van der Waals surface area contributed by atoms with Gasteiger partial charge in [-0.25, -0.2) is 9.37 Å². The largest absolute Gasteiger partial charge is 0.461 e. The molecule has 2 aromatic heterocycles. The minimum absolute atomic E-state index is 0.0729. The molecule has 0 unspecified atom stereocenters. The van der Waals surface area contributed by atoms with Crippen molar-refractivity contribution in [3.8, 4) is 11.3 Å². The van der Waals surface area contributed by atoms with Gasteiger partial charge in [-0.2, -0.15) is 0 Å². The number of likely N-dealkylation sites (tertiary alicyclic amines) is 1. The second-order valence-electron chi connectivity index (χ2n) is 13.3. The van der Waals surface area contributed by atoms with Crippen LogP contribution in [0.2, 0.25) is 0 Å². The third-order valence-electron chi connectivity index (χ3n) is 10.0. The molecule has 4 aromatic rings. The van der Waals surface area contributed by atoms with Crippen LogP contribution < -0.4 is 15.8 Å². The fourth-order valence-electron chi connectivity index (χ4n) is 7.42. The summed E-state index contributed by atoms with van der Waals surface area (Å²) in [5.41, 5.74) is 6.01. The van der Waals surface area contributed by atoms with Gasteiger partial charge in [0.25, 0.3) is 11.5 Å². The Kier molecular flexibility index (Phi) is 8.63. The van der Waals surface area contributed by atoms with E-state index in [0.29, 0.717) is 52.9 Å². The Labute approximate surface area is 279 Å². The van der Waals surface area contributed by atoms with E-state index in [2.05, 4.69) is 38.9 Å². The fourth-order valence-corrected chi connectivity index (χ4v) is 7.42. The number of carbonyl (C=O) groups is 2. The van der Waals surface area contributed by atoms with E-state index < -0.39 is 11.8 Å². The number of ether oxygens (including phenoxy) is 1. The molecule has 0 radical (unpaired) electrons. The molecule has 250 valence electrons. The molecule has 0 bridgehead atoms. The Morgan fingerprint density at radius 3 is 2.50 bits per heavy atom. The summed E-state index contributed by atoms with van der Waals surface area (Å²) in [4.78, 5) is 47.8. The molecule has 2 aromatic carbocycles. The lowest BCUT2D eigenvalue weighted by molar-refractivity contribution is -0.142. The predicted molar refractivity (Wildman–Crippen MR) is 182 cm³/mol. The van der Waals surface area contributed by atoms with Crippen LogP contribution in [0.1, 0.15) is 71.4 Å². The SMILES string of the molecule is CC(=O)OCc1c(-c2cn(C)c(=O)c(Nc3ccc(C4CCN(C)CC4)cc3)n2)cc(F)cc1N1CCn2c(cc3c2CCCC3)C1=O. The molecule has 10 nitrogen and oxygen atoms in total. The van der Waals surface area contributed by atoms with Crippen LogP contribution in [0.25, 0.3) is 11.3 Å². The molecule has 7 rings (SSSR count). The number of aromatic nitrogens is 3. The van der Waals surface area contributed by atoms with Crippen LogP contribution in [0.3, 0.4) is 0 Å². The highest BCUT2D eigenvalue weighted by atomic mass is 19.1. The molecule has 1 N–H and O–H groups in total. The van der Waals surface area contributed by atoms with Gasteiger partial charge in [-0.3, -0.25) is 14.4 Å². The molecule has 2 aliphatic heterocycles. The zero-order chi connectivity index (χ0) is 33.5. The number of esters is 1. The Bertz CT molecular complexity index is 1940. The molecular weight excluding hydrogens is 611 g/mol. The number of amides is 1. The van der Waals surface area contributed by atoms with Gasteiger partial charge in [0.2, 0.25) is 0 Å². The number of hydrogen-bond acceptors (Lipinski definition) is 7. The lowest BCUT2D eigenvalue weighted by Crippen LogP contribution is -2.41.